The number of rotatable bonds is 8. The number of imidazole rings is 1. The number of fused-ring (bicyclic) bond motifs is 1. The number of nitrogens with zero attached hydrogens (tertiary/aromatic N) is 5. The summed E-state index contributed by atoms with van der Waals surface area (Å²) < 4.78 is 3.94. The summed E-state index contributed by atoms with van der Waals surface area (Å²) in [6, 6.07) is 0. The molecule has 2 aromatic heterocycles. The van der Waals surface area contributed by atoms with Gasteiger partial charge in [-0.1, -0.05) is 0 Å². The molecule has 0 aliphatic rings. The fourth-order valence-corrected chi connectivity index (χ4v) is 2.52. The zero-order chi connectivity index (χ0) is 17.9. The van der Waals surface area contributed by atoms with Crippen LogP contribution in [-0.4, -0.2) is 41.6 Å². The van der Waals surface area contributed by atoms with Gasteiger partial charge in [-0.25, -0.2) is 9.78 Å². The van der Waals surface area contributed by atoms with Crippen molar-refractivity contribution >= 4 is 11.2 Å². The summed E-state index contributed by atoms with van der Waals surface area (Å²) in [4.78, 5) is 43.1. The second kappa shape index (κ2) is 7.25. The van der Waals surface area contributed by atoms with Crippen LogP contribution in [0.4, 0.5) is 0 Å². The second-order valence-electron chi connectivity index (χ2n) is 5.14. The highest BCUT2D eigenvalue weighted by Crippen LogP contribution is 2.09. The molecule has 0 amide bonds. The van der Waals surface area contributed by atoms with Crippen LogP contribution in [0.1, 0.15) is 20.3 Å². The Kier molecular flexibility index (Phi) is 5.34. The Labute approximate surface area is 135 Å². The lowest BCUT2D eigenvalue weighted by atomic mass is 10.2. The molecule has 2 aromatic rings. The van der Waals surface area contributed by atoms with Crippen molar-refractivity contribution < 1.29 is 15.0 Å². The number of aliphatic hydroxyl groups is 1. The predicted molar refractivity (Wildman–Crippen MR) is 83.2 cm³/mol. The van der Waals surface area contributed by atoms with Crippen LogP contribution in [0.15, 0.2) is 15.9 Å². The predicted octanol–water partition coefficient (Wildman–Crippen LogP) is -0.641. The van der Waals surface area contributed by atoms with Crippen molar-refractivity contribution in [1.29, 1.82) is 0 Å². The van der Waals surface area contributed by atoms with Gasteiger partial charge in [0.1, 0.15) is 0 Å². The first-order chi connectivity index (χ1) is 11.4. The van der Waals surface area contributed by atoms with E-state index in [0.29, 0.717) is 6.54 Å². The minimum absolute atomic E-state index is 0.0123. The maximum atomic E-state index is 12.5. The summed E-state index contributed by atoms with van der Waals surface area (Å²) >= 11 is 0. The normalized spacial score (nSPS) is 12.5. The van der Waals surface area contributed by atoms with Crippen molar-refractivity contribution in [2.24, 2.45) is 0 Å². The lowest BCUT2D eigenvalue weighted by Gasteiger charge is -2.12. The molecule has 1 unspecified atom stereocenters. The first-order valence-corrected chi connectivity index (χ1v) is 7.54. The first kappa shape index (κ1) is 17.7. The Bertz CT molecular complexity index is 851. The Morgan fingerprint density at radius 3 is 2.58 bits per heavy atom. The van der Waals surface area contributed by atoms with Gasteiger partial charge in [-0.2, -0.15) is 0 Å². The van der Waals surface area contributed by atoms with Gasteiger partial charge >= 0.3 is 5.69 Å². The zero-order valence-corrected chi connectivity index (χ0v) is 13.4. The third-order valence-corrected chi connectivity index (χ3v) is 3.67. The molecule has 2 rings (SSSR count). The molecule has 0 fully saturated rings. The molecule has 11 heteroatoms. The molecule has 24 heavy (non-hydrogen) atoms. The SMILES string of the molecule is CCn1c(=O)c2c(ncn2CC(O)CCO[N+](=O)[O-])n(CC)c1=O. The molecule has 2 heterocycles. The summed E-state index contributed by atoms with van der Waals surface area (Å²) in [5, 5.41) is 19.1. The Morgan fingerprint density at radius 2 is 2.00 bits per heavy atom. The van der Waals surface area contributed by atoms with Gasteiger partial charge in [0.2, 0.25) is 0 Å². The van der Waals surface area contributed by atoms with Gasteiger partial charge in [0.15, 0.2) is 11.2 Å². The summed E-state index contributed by atoms with van der Waals surface area (Å²) in [6.45, 7) is 3.80. The van der Waals surface area contributed by atoms with Crippen molar-refractivity contribution in [3.63, 3.8) is 0 Å². The summed E-state index contributed by atoms with van der Waals surface area (Å²) in [5.74, 6) is 0. The third-order valence-electron chi connectivity index (χ3n) is 3.67. The lowest BCUT2D eigenvalue weighted by molar-refractivity contribution is -0.758. The lowest BCUT2D eigenvalue weighted by Crippen LogP contribution is -2.40. The van der Waals surface area contributed by atoms with Crippen molar-refractivity contribution in [3.8, 4) is 0 Å². The summed E-state index contributed by atoms with van der Waals surface area (Å²) in [5.41, 5.74) is -0.436. The van der Waals surface area contributed by atoms with Gasteiger partial charge in [-0.3, -0.25) is 13.9 Å². The molecular formula is C13H19N5O6. The van der Waals surface area contributed by atoms with Crippen LogP contribution >= 0.6 is 0 Å². The second-order valence-corrected chi connectivity index (χ2v) is 5.14. The molecule has 0 aliphatic carbocycles. The highest BCUT2D eigenvalue weighted by Gasteiger charge is 2.18. The average Bonchev–Trinajstić information content (AvgIpc) is 2.91. The van der Waals surface area contributed by atoms with Crippen LogP contribution in [0.3, 0.4) is 0 Å². The molecule has 1 atom stereocenters. The maximum absolute atomic E-state index is 12.5. The van der Waals surface area contributed by atoms with Crippen LogP contribution in [0, 0.1) is 10.1 Å². The highest BCUT2D eigenvalue weighted by atomic mass is 16.9. The summed E-state index contributed by atoms with van der Waals surface area (Å²) in [6.07, 6.45) is 0.435. The van der Waals surface area contributed by atoms with E-state index < -0.39 is 22.4 Å². The minimum atomic E-state index is -0.959. The number of aliphatic hydroxyl groups excluding tert-OH is 1. The van der Waals surface area contributed by atoms with Gasteiger partial charge in [0.25, 0.3) is 10.6 Å². The van der Waals surface area contributed by atoms with Gasteiger partial charge in [0.05, 0.1) is 25.6 Å². The van der Waals surface area contributed by atoms with E-state index in [9.17, 15) is 24.8 Å². The molecule has 0 aromatic carbocycles. The van der Waals surface area contributed by atoms with Crippen LogP contribution in [0.5, 0.6) is 0 Å². The number of aromatic nitrogens is 4. The molecule has 0 saturated heterocycles. The van der Waals surface area contributed by atoms with Gasteiger partial charge < -0.3 is 14.5 Å². The number of hydrogen-bond donors (Lipinski definition) is 1. The fraction of sp³-hybridized carbons (Fsp3) is 0.615. The number of hydrogen-bond acceptors (Lipinski definition) is 7. The average molecular weight is 341 g/mol. The van der Waals surface area contributed by atoms with Gasteiger partial charge in [-0.05, 0) is 20.3 Å². The highest BCUT2D eigenvalue weighted by molar-refractivity contribution is 5.70. The van der Waals surface area contributed by atoms with Crippen LogP contribution in [-0.2, 0) is 24.5 Å². The number of aryl methyl sites for hydroxylation is 1. The van der Waals surface area contributed by atoms with Crippen LogP contribution < -0.4 is 11.2 Å². The van der Waals surface area contributed by atoms with E-state index in [1.165, 1.54) is 15.5 Å². The molecule has 0 radical (unpaired) electrons. The smallest absolute Gasteiger partial charge is 0.332 e. The van der Waals surface area contributed by atoms with E-state index in [-0.39, 0.29) is 37.3 Å². The molecular weight excluding hydrogens is 322 g/mol. The molecule has 0 aliphatic heterocycles. The topological polar surface area (TPSA) is 134 Å². The van der Waals surface area contributed by atoms with E-state index >= 15 is 0 Å². The Morgan fingerprint density at radius 1 is 1.33 bits per heavy atom. The standard InChI is InChI=1S/C13H19N5O6/c1-3-16-11-10(12(20)17(4-2)13(16)21)15(8-14-11)7-9(19)5-6-24-18(22)23/h8-9,19H,3-7H2,1-2H3. The maximum Gasteiger partial charge on any atom is 0.332 e. The van der Waals surface area contributed by atoms with Crippen LogP contribution in [0.25, 0.3) is 11.2 Å². The van der Waals surface area contributed by atoms with E-state index in [4.69, 9.17) is 0 Å². The van der Waals surface area contributed by atoms with E-state index in [0.717, 1.165) is 4.57 Å². The van der Waals surface area contributed by atoms with Crippen molar-refractivity contribution in [2.75, 3.05) is 6.61 Å². The quantitative estimate of drug-likeness (QED) is 0.498. The molecule has 132 valence electrons. The molecule has 0 bridgehead atoms. The largest absolute Gasteiger partial charge is 0.391 e. The first-order valence-electron chi connectivity index (χ1n) is 7.54. The molecule has 0 spiro atoms. The van der Waals surface area contributed by atoms with Crippen LogP contribution in [0.2, 0.25) is 0 Å². The molecule has 11 nitrogen and oxygen atoms in total. The Balaban J connectivity index is 2.37. The molecule has 1 N–H and O–H groups in total. The van der Waals surface area contributed by atoms with Crippen molar-refractivity contribution in [1.82, 2.24) is 18.7 Å². The molecule has 0 saturated carbocycles. The zero-order valence-electron chi connectivity index (χ0n) is 13.4. The Hall–Kier alpha value is -2.69. The fourth-order valence-electron chi connectivity index (χ4n) is 2.52. The summed E-state index contributed by atoms with van der Waals surface area (Å²) in [7, 11) is 0. The van der Waals surface area contributed by atoms with E-state index in [1.807, 2.05) is 0 Å². The van der Waals surface area contributed by atoms with Gasteiger partial charge in [-0.15, -0.1) is 10.1 Å². The van der Waals surface area contributed by atoms with E-state index in [2.05, 4.69) is 9.82 Å². The van der Waals surface area contributed by atoms with Gasteiger partial charge in [0, 0.05) is 13.1 Å². The third kappa shape index (κ3) is 3.30. The van der Waals surface area contributed by atoms with E-state index in [1.54, 1.807) is 13.8 Å². The van der Waals surface area contributed by atoms with Crippen molar-refractivity contribution in [3.05, 3.63) is 37.3 Å². The monoisotopic (exact) mass is 341 g/mol. The minimum Gasteiger partial charge on any atom is -0.391 e. The van der Waals surface area contributed by atoms with Crippen molar-refractivity contribution in [2.45, 2.75) is 46.0 Å².